The minimum absolute atomic E-state index is 0.302. The third-order valence-electron chi connectivity index (χ3n) is 3.26. The Bertz CT molecular complexity index is 689. The van der Waals surface area contributed by atoms with Crippen molar-refractivity contribution in [1.82, 2.24) is 4.98 Å². The molecule has 1 N–H and O–H groups in total. The van der Waals surface area contributed by atoms with Gasteiger partial charge in [-0.2, -0.15) is 11.3 Å². The van der Waals surface area contributed by atoms with Gasteiger partial charge in [0.15, 0.2) is 0 Å². The van der Waals surface area contributed by atoms with Crippen LogP contribution in [-0.4, -0.2) is 4.98 Å². The first kappa shape index (κ1) is 12.2. The van der Waals surface area contributed by atoms with Crippen LogP contribution in [-0.2, 0) is 0 Å². The number of nitrogens with one attached hydrogen (secondary N) is 1. The lowest BCUT2D eigenvalue weighted by Gasteiger charge is -2.16. The second-order valence-corrected chi connectivity index (χ2v) is 5.53. The van der Waals surface area contributed by atoms with Crippen molar-refractivity contribution < 1.29 is 0 Å². The molecule has 0 amide bonds. The van der Waals surface area contributed by atoms with Crippen molar-refractivity contribution >= 4 is 27.9 Å². The maximum Gasteiger partial charge on any atom is 0.0725 e. The van der Waals surface area contributed by atoms with Gasteiger partial charge in [-0.3, -0.25) is 4.98 Å². The van der Waals surface area contributed by atoms with Gasteiger partial charge < -0.3 is 5.32 Å². The van der Waals surface area contributed by atoms with Gasteiger partial charge in [-0.05, 0) is 48.4 Å². The Kier molecular flexibility index (Phi) is 3.22. The number of rotatable bonds is 3. The van der Waals surface area contributed by atoms with E-state index in [2.05, 4.69) is 58.3 Å². The number of thiophene rings is 1. The van der Waals surface area contributed by atoms with E-state index in [1.165, 1.54) is 10.9 Å². The predicted molar refractivity (Wildman–Crippen MR) is 82.8 cm³/mol. The average molecular weight is 268 g/mol. The SMILES string of the molecule is Cc1cc(NC(C)c2ccsc2)c2ccccc2n1. The van der Waals surface area contributed by atoms with Gasteiger partial charge in [-0.1, -0.05) is 18.2 Å². The minimum Gasteiger partial charge on any atom is -0.378 e. The van der Waals surface area contributed by atoms with Gasteiger partial charge in [0, 0.05) is 22.8 Å². The van der Waals surface area contributed by atoms with E-state index in [4.69, 9.17) is 0 Å². The monoisotopic (exact) mass is 268 g/mol. The maximum atomic E-state index is 4.57. The van der Waals surface area contributed by atoms with Gasteiger partial charge in [-0.15, -0.1) is 0 Å². The van der Waals surface area contributed by atoms with E-state index in [0.29, 0.717) is 6.04 Å². The van der Waals surface area contributed by atoms with E-state index < -0.39 is 0 Å². The number of hydrogen-bond acceptors (Lipinski definition) is 3. The summed E-state index contributed by atoms with van der Waals surface area (Å²) in [5, 5.41) is 9.07. The summed E-state index contributed by atoms with van der Waals surface area (Å²) < 4.78 is 0. The largest absolute Gasteiger partial charge is 0.378 e. The molecule has 0 saturated heterocycles. The second kappa shape index (κ2) is 5.02. The van der Waals surface area contributed by atoms with Crippen LogP contribution in [0.4, 0.5) is 5.69 Å². The normalized spacial score (nSPS) is 12.5. The molecular formula is C16H16N2S. The molecule has 0 radical (unpaired) electrons. The van der Waals surface area contributed by atoms with Crippen molar-refractivity contribution in [2.45, 2.75) is 19.9 Å². The predicted octanol–water partition coefficient (Wildman–Crippen LogP) is 4.78. The van der Waals surface area contributed by atoms with Gasteiger partial charge in [0.2, 0.25) is 0 Å². The van der Waals surface area contributed by atoms with E-state index >= 15 is 0 Å². The fourth-order valence-corrected chi connectivity index (χ4v) is 3.02. The number of hydrogen-bond donors (Lipinski definition) is 1. The molecule has 3 rings (SSSR count). The highest BCUT2D eigenvalue weighted by atomic mass is 32.1. The Morgan fingerprint density at radius 3 is 2.84 bits per heavy atom. The molecule has 0 saturated carbocycles. The van der Waals surface area contributed by atoms with Gasteiger partial charge in [-0.25, -0.2) is 0 Å². The molecule has 0 bridgehead atoms. The van der Waals surface area contributed by atoms with Crippen LogP contribution in [0.1, 0.15) is 24.2 Å². The van der Waals surface area contributed by atoms with Crippen LogP contribution >= 0.6 is 11.3 Å². The standard InChI is InChI=1S/C16H16N2S/c1-11-9-16(14-5-3-4-6-15(14)17-11)18-12(2)13-7-8-19-10-13/h3-10,12H,1-2H3,(H,17,18). The highest BCUT2D eigenvalue weighted by Crippen LogP contribution is 2.27. The summed E-state index contributed by atoms with van der Waals surface area (Å²) >= 11 is 1.73. The molecule has 0 aliphatic rings. The van der Waals surface area contributed by atoms with Gasteiger partial charge in [0.1, 0.15) is 0 Å². The molecule has 3 aromatic rings. The summed E-state index contributed by atoms with van der Waals surface area (Å²) in [6.45, 7) is 4.22. The van der Waals surface area contributed by atoms with E-state index in [1.807, 2.05) is 13.0 Å². The molecule has 2 nitrogen and oxygen atoms in total. The van der Waals surface area contributed by atoms with Gasteiger partial charge in [0.05, 0.1) is 5.52 Å². The molecule has 19 heavy (non-hydrogen) atoms. The number of benzene rings is 1. The van der Waals surface area contributed by atoms with Crippen molar-refractivity contribution in [1.29, 1.82) is 0 Å². The number of fused-ring (bicyclic) bond motifs is 1. The topological polar surface area (TPSA) is 24.9 Å². The van der Waals surface area contributed by atoms with Crippen LogP contribution in [0.15, 0.2) is 47.2 Å². The summed E-state index contributed by atoms with van der Waals surface area (Å²) in [6, 6.07) is 12.8. The summed E-state index contributed by atoms with van der Waals surface area (Å²) in [5.41, 5.74) is 4.56. The van der Waals surface area contributed by atoms with Gasteiger partial charge >= 0.3 is 0 Å². The Morgan fingerprint density at radius 1 is 1.21 bits per heavy atom. The third kappa shape index (κ3) is 2.47. The fourth-order valence-electron chi connectivity index (χ4n) is 2.27. The van der Waals surface area contributed by atoms with Crippen molar-refractivity contribution in [3.63, 3.8) is 0 Å². The Balaban J connectivity index is 2.00. The zero-order valence-corrected chi connectivity index (χ0v) is 11.9. The third-order valence-corrected chi connectivity index (χ3v) is 3.96. The van der Waals surface area contributed by atoms with Crippen molar-refractivity contribution in [3.8, 4) is 0 Å². The van der Waals surface area contributed by atoms with Crippen LogP contribution < -0.4 is 5.32 Å². The second-order valence-electron chi connectivity index (χ2n) is 4.75. The Morgan fingerprint density at radius 2 is 2.05 bits per heavy atom. The molecule has 0 fully saturated rings. The Labute approximate surface area is 117 Å². The molecule has 0 aliphatic heterocycles. The first-order chi connectivity index (χ1) is 9.24. The maximum absolute atomic E-state index is 4.57. The lowest BCUT2D eigenvalue weighted by Crippen LogP contribution is -2.06. The smallest absolute Gasteiger partial charge is 0.0725 e. The van der Waals surface area contributed by atoms with Crippen molar-refractivity contribution in [2.75, 3.05) is 5.32 Å². The minimum atomic E-state index is 0.302. The van der Waals surface area contributed by atoms with E-state index in [9.17, 15) is 0 Å². The first-order valence-electron chi connectivity index (χ1n) is 6.39. The quantitative estimate of drug-likeness (QED) is 0.739. The summed E-state index contributed by atoms with van der Waals surface area (Å²) in [4.78, 5) is 4.57. The van der Waals surface area contributed by atoms with Crippen LogP contribution in [0.2, 0.25) is 0 Å². The van der Waals surface area contributed by atoms with Crippen LogP contribution in [0, 0.1) is 6.92 Å². The molecule has 1 atom stereocenters. The van der Waals surface area contributed by atoms with E-state index in [-0.39, 0.29) is 0 Å². The number of anilines is 1. The molecular weight excluding hydrogens is 252 g/mol. The van der Waals surface area contributed by atoms with E-state index in [1.54, 1.807) is 11.3 Å². The van der Waals surface area contributed by atoms with Crippen molar-refractivity contribution in [2.24, 2.45) is 0 Å². The lowest BCUT2D eigenvalue weighted by atomic mass is 10.1. The number of pyridine rings is 1. The summed E-state index contributed by atoms with van der Waals surface area (Å²) in [6.07, 6.45) is 0. The first-order valence-corrected chi connectivity index (χ1v) is 7.33. The fraction of sp³-hybridized carbons (Fsp3) is 0.188. The number of aryl methyl sites for hydroxylation is 1. The molecule has 1 unspecified atom stereocenters. The molecule has 0 aliphatic carbocycles. The van der Waals surface area contributed by atoms with E-state index in [0.717, 1.165) is 16.9 Å². The zero-order valence-electron chi connectivity index (χ0n) is 11.1. The molecule has 1 aromatic carbocycles. The average Bonchev–Trinajstić information content (AvgIpc) is 2.92. The van der Waals surface area contributed by atoms with Crippen molar-refractivity contribution in [3.05, 3.63) is 58.4 Å². The number of aromatic nitrogens is 1. The van der Waals surface area contributed by atoms with Gasteiger partial charge in [0.25, 0.3) is 0 Å². The summed E-state index contributed by atoms with van der Waals surface area (Å²) in [7, 11) is 0. The molecule has 3 heteroatoms. The molecule has 2 aromatic heterocycles. The number of para-hydroxylation sites is 1. The highest BCUT2D eigenvalue weighted by molar-refractivity contribution is 7.08. The zero-order chi connectivity index (χ0) is 13.2. The molecule has 2 heterocycles. The van der Waals surface area contributed by atoms with Crippen LogP contribution in [0.25, 0.3) is 10.9 Å². The lowest BCUT2D eigenvalue weighted by molar-refractivity contribution is 0.891. The highest BCUT2D eigenvalue weighted by Gasteiger charge is 2.09. The molecule has 96 valence electrons. The molecule has 0 spiro atoms. The Hall–Kier alpha value is -1.87. The summed E-state index contributed by atoms with van der Waals surface area (Å²) in [5.74, 6) is 0. The van der Waals surface area contributed by atoms with Crippen LogP contribution in [0.5, 0.6) is 0 Å². The van der Waals surface area contributed by atoms with Crippen LogP contribution in [0.3, 0.4) is 0 Å². The number of nitrogens with zero attached hydrogens (tertiary/aromatic N) is 1.